The highest BCUT2D eigenvalue weighted by atomic mass is 16.5. The van der Waals surface area contributed by atoms with Crippen molar-refractivity contribution in [2.45, 2.75) is 44.1 Å². The molecule has 2 aliphatic rings. The van der Waals surface area contributed by atoms with Gasteiger partial charge in [0.1, 0.15) is 18.1 Å². The molecule has 1 aromatic carbocycles. The van der Waals surface area contributed by atoms with Crippen LogP contribution < -0.4 is 10.1 Å². The van der Waals surface area contributed by atoms with Gasteiger partial charge >= 0.3 is 0 Å². The summed E-state index contributed by atoms with van der Waals surface area (Å²) in [5, 5.41) is 20.4. The van der Waals surface area contributed by atoms with Crippen molar-refractivity contribution in [3.63, 3.8) is 0 Å². The molecular formula is C18H25N3O3. The molecule has 1 unspecified atom stereocenters. The van der Waals surface area contributed by atoms with Crippen LogP contribution in [-0.2, 0) is 4.79 Å². The number of phenols is 1. The van der Waals surface area contributed by atoms with Gasteiger partial charge < -0.3 is 15.2 Å². The fourth-order valence-electron chi connectivity index (χ4n) is 3.71. The lowest BCUT2D eigenvalue weighted by atomic mass is 9.79. The number of benzene rings is 1. The van der Waals surface area contributed by atoms with E-state index in [4.69, 9.17) is 10.1 Å². The molecule has 6 heteroatoms. The third-order valence-corrected chi connectivity index (χ3v) is 5.09. The van der Waals surface area contributed by atoms with Gasteiger partial charge in [0, 0.05) is 7.05 Å². The number of phenolic OH excluding ortho intramolecular Hbond substituents is 1. The van der Waals surface area contributed by atoms with E-state index in [1.54, 1.807) is 31.3 Å². The quantitative estimate of drug-likeness (QED) is 0.774. The van der Waals surface area contributed by atoms with Crippen LogP contribution in [0.2, 0.25) is 0 Å². The third-order valence-electron chi connectivity index (χ3n) is 5.09. The molecule has 3 N–H and O–H groups in total. The number of hydrogen-bond acceptors (Lipinski definition) is 4. The van der Waals surface area contributed by atoms with Gasteiger partial charge in [-0.2, -0.15) is 0 Å². The van der Waals surface area contributed by atoms with Crippen molar-refractivity contribution in [3.05, 3.63) is 24.3 Å². The number of amides is 1. The Kier molecular flexibility index (Phi) is 4.64. The van der Waals surface area contributed by atoms with Crippen LogP contribution in [0, 0.1) is 11.3 Å². The lowest BCUT2D eigenvalue weighted by Crippen LogP contribution is -2.53. The molecule has 1 heterocycles. The van der Waals surface area contributed by atoms with Crippen molar-refractivity contribution in [1.82, 2.24) is 10.2 Å². The molecule has 1 saturated carbocycles. The van der Waals surface area contributed by atoms with Crippen molar-refractivity contribution in [3.8, 4) is 11.5 Å². The van der Waals surface area contributed by atoms with Gasteiger partial charge in [0.05, 0.1) is 0 Å². The van der Waals surface area contributed by atoms with E-state index in [1.807, 2.05) is 0 Å². The zero-order valence-electron chi connectivity index (χ0n) is 14.0. The second-order valence-corrected chi connectivity index (χ2v) is 6.91. The van der Waals surface area contributed by atoms with Gasteiger partial charge in [-0.25, -0.2) is 0 Å². The summed E-state index contributed by atoms with van der Waals surface area (Å²) >= 11 is 0. The maximum absolute atomic E-state index is 12.8. The Bertz CT molecular complexity index is 610. The number of carbonyl (C=O) groups excluding carboxylic acids is 1. The Morgan fingerprint density at radius 3 is 2.54 bits per heavy atom. The standard InChI is InChI=1S/C18H25N3O3/c1-21-16(23)18(20-17(21)19,11-13-5-3-2-4-6-13)12-24-15-9-7-14(22)8-10-15/h7-10,13,22H,2-6,11-12H2,1H3,(H2,19,20). The minimum Gasteiger partial charge on any atom is -0.508 e. The van der Waals surface area contributed by atoms with E-state index in [9.17, 15) is 9.90 Å². The van der Waals surface area contributed by atoms with E-state index in [1.165, 1.54) is 24.2 Å². The summed E-state index contributed by atoms with van der Waals surface area (Å²) < 4.78 is 5.84. The fourth-order valence-corrected chi connectivity index (χ4v) is 3.71. The second-order valence-electron chi connectivity index (χ2n) is 6.91. The van der Waals surface area contributed by atoms with Crippen molar-refractivity contribution >= 4 is 11.9 Å². The molecule has 2 fully saturated rings. The first kappa shape index (κ1) is 16.6. The Labute approximate surface area is 142 Å². The van der Waals surface area contributed by atoms with E-state index in [2.05, 4.69) is 5.32 Å². The number of carbonyl (C=O) groups is 1. The average Bonchev–Trinajstić information content (AvgIpc) is 2.80. The van der Waals surface area contributed by atoms with Gasteiger partial charge in [0.15, 0.2) is 11.5 Å². The van der Waals surface area contributed by atoms with Gasteiger partial charge in [-0.1, -0.05) is 32.1 Å². The number of nitrogens with one attached hydrogen (secondary N) is 2. The first-order valence-corrected chi connectivity index (χ1v) is 8.57. The Hall–Kier alpha value is -2.24. The van der Waals surface area contributed by atoms with E-state index in [0.717, 1.165) is 12.8 Å². The molecule has 1 aliphatic heterocycles. The largest absolute Gasteiger partial charge is 0.508 e. The first-order valence-electron chi connectivity index (χ1n) is 8.57. The van der Waals surface area contributed by atoms with Crippen LogP contribution in [-0.4, -0.2) is 41.1 Å². The monoisotopic (exact) mass is 331 g/mol. The normalized spacial score (nSPS) is 25.0. The molecule has 24 heavy (non-hydrogen) atoms. The van der Waals surface area contributed by atoms with E-state index in [0.29, 0.717) is 18.1 Å². The number of likely N-dealkylation sites (N-methyl/N-ethyl adjacent to an activating group) is 1. The summed E-state index contributed by atoms with van der Waals surface area (Å²) in [4.78, 5) is 14.2. The SMILES string of the molecule is CN1C(=N)NC(COc2ccc(O)cc2)(CC2CCCCC2)C1=O. The number of guanidine groups is 1. The average molecular weight is 331 g/mol. The molecule has 6 nitrogen and oxygen atoms in total. The molecule has 1 atom stereocenters. The maximum atomic E-state index is 12.8. The molecule has 0 aromatic heterocycles. The van der Waals surface area contributed by atoms with Gasteiger partial charge in [-0.3, -0.25) is 15.1 Å². The number of rotatable bonds is 5. The Morgan fingerprint density at radius 1 is 1.29 bits per heavy atom. The highest BCUT2D eigenvalue weighted by Crippen LogP contribution is 2.34. The van der Waals surface area contributed by atoms with E-state index in [-0.39, 0.29) is 24.2 Å². The third kappa shape index (κ3) is 3.32. The van der Waals surface area contributed by atoms with Crippen LogP contribution in [0.25, 0.3) is 0 Å². The summed E-state index contributed by atoms with van der Waals surface area (Å²) in [5.74, 6) is 1.29. The number of nitrogens with zero attached hydrogens (tertiary/aromatic N) is 1. The molecule has 0 radical (unpaired) electrons. The van der Waals surface area contributed by atoms with Crippen molar-refractivity contribution in [2.24, 2.45) is 5.92 Å². The summed E-state index contributed by atoms with van der Waals surface area (Å²) in [6.45, 7) is 0.180. The number of aromatic hydroxyl groups is 1. The fraction of sp³-hybridized carbons (Fsp3) is 0.556. The zero-order chi connectivity index (χ0) is 17.2. The minimum atomic E-state index is -0.869. The summed E-state index contributed by atoms with van der Waals surface area (Å²) in [6, 6.07) is 6.47. The summed E-state index contributed by atoms with van der Waals surface area (Å²) in [7, 11) is 1.63. The highest BCUT2D eigenvalue weighted by molar-refractivity contribution is 6.07. The maximum Gasteiger partial charge on any atom is 0.258 e. The minimum absolute atomic E-state index is 0.100. The summed E-state index contributed by atoms with van der Waals surface area (Å²) in [5.41, 5.74) is -0.869. The predicted octanol–water partition coefficient (Wildman–Crippen LogP) is 2.48. The molecule has 1 amide bonds. The van der Waals surface area contributed by atoms with Crippen LogP contribution in [0.15, 0.2) is 24.3 Å². The van der Waals surface area contributed by atoms with Crippen molar-refractivity contribution in [2.75, 3.05) is 13.7 Å². The van der Waals surface area contributed by atoms with Crippen molar-refractivity contribution < 1.29 is 14.6 Å². The Balaban J connectivity index is 1.75. The van der Waals surface area contributed by atoms with Crippen LogP contribution in [0.5, 0.6) is 11.5 Å². The molecule has 3 rings (SSSR count). The molecule has 0 bridgehead atoms. The number of hydrogen-bond donors (Lipinski definition) is 3. The van der Waals surface area contributed by atoms with Gasteiger partial charge in [-0.05, 0) is 36.6 Å². The lowest BCUT2D eigenvalue weighted by molar-refractivity contribution is -0.132. The topological polar surface area (TPSA) is 85.7 Å². The van der Waals surface area contributed by atoms with Gasteiger partial charge in [0.2, 0.25) is 0 Å². The Morgan fingerprint density at radius 2 is 1.96 bits per heavy atom. The molecule has 1 aromatic rings. The van der Waals surface area contributed by atoms with Gasteiger partial charge in [-0.15, -0.1) is 0 Å². The van der Waals surface area contributed by atoms with Crippen molar-refractivity contribution in [1.29, 1.82) is 5.41 Å². The number of ether oxygens (including phenoxy) is 1. The molecule has 130 valence electrons. The molecular weight excluding hydrogens is 306 g/mol. The smallest absolute Gasteiger partial charge is 0.258 e. The highest BCUT2D eigenvalue weighted by Gasteiger charge is 2.50. The molecule has 0 spiro atoms. The van der Waals surface area contributed by atoms with Crippen LogP contribution in [0.3, 0.4) is 0 Å². The lowest BCUT2D eigenvalue weighted by Gasteiger charge is -2.32. The zero-order valence-corrected chi connectivity index (χ0v) is 14.0. The van der Waals surface area contributed by atoms with Crippen LogP contribution in [0.4, 0.5) is 0 Å². The van der Waals surface area contributed by atoms with Crippen LogP contribution in [0.1, 0.15) is 38.5 Å². The summed E-state index contributed by atoms with van der Waals surface area (Å²) in [6.07, 6.45) is 6.64. The molecule has 1 saturated heterocycles. The predicted molar refractivity (Wildman–Crippen MR) is 91.2 cm³/mol. The second kappa shape index (κ2) is 6.71. The first-order chi connectivity index (χ1) is 11.5. The van der Waals surface area contributed by atoms with E-state index >= 15 is 0 Å². The van der Waals surface area contributed by atoms with Gasteiger partial charge in [0.25, 0.3) is 5.91 Å². The molecule has 1 aliphatic carbocycles. The van der Waals surface area contributed by atoms with E-state index < -0.39 is 5.54 Å². The van der Waals surface area contributed by atoms with Crippen LogP contribution >= 0.6 is 0 Å².